The van der Waals surface area contributed by atoms with Crippen molar-refractivity contribution >= 4 is 41.0 Å². The molecule has 13 nitrogen and oxygen atoms in total. The number of carbonyl (C=O) groups is 3. The first-order valence-electron chi connectivity index (χ1n) is 15.4. The van der Waals surface area contributed by atoms with E-state index >= 15 is 0 Å². The zero-order valence-corrected chi connectivity index (χ0v) is 26.1. The van der Waals surface area contributed by atoms with E-state index < -0.39 is 11.6 Å². The number of ether oxygens (including phenoxy) is 2. The number of rotatable bonds is 9. The molecule has 0 unspecified atom stereocenters. The lowest BCUT2D eigenvalue weighted by atomic mass is 9.97. The first-order valence-corrected chi connectivity index (χ1v) is 15.4. The van der Waals surface area contributed by atoms with Crippen molar-refractivity contribution < 1.29 is 29.0 Å². The first kappa shape index (κ1) is 31.3. The molecule has 1 aromatic carbocycles. The lowest BCUT2D eigenvalue weighted by molar-refractivity contribution is -0.120. The number of hydrogen-bond donors (Lipinski definition) is 3. The zero-order valence-electron chi connectivity index (χ0n) is 26.1. The molecular weight excluding hydrogens is 566 g/mol. The fourth-order valence-corrected chi connectivity index (χ4v) is 5.57. The summed E-state index contributed by atoms with van der Waals surface area (Å²) in [7, 11) is 1.73. The van der Waals surface area contributed by atoms with Gasteiger partial charge in [-0.05, 0) is 71.1 Å². The van der Waals surface area contributed by atoms with E-state index in [4.69, 9.17) is 14.5 Å². The number of nitrogens with one attached hydrogen (secondary N) is 2. The molecule has 44 heavy (non-hydrogen) atoms. The quantitative estimate of drug-likeness (QED) is 0.386. The van der Waals surface area contributed by atoms with Crippen molar-refractivity contribution in [3.05, 3.63) is 30.0 Å². The maximum atomic E-state index is 13.4. The van der Waals surface area contributed by atoms with Crippen molar-refractivity contribution in [2.24, 2.45) is 0 Å². The molecule has 3 N–H and O–H groups in total. The van der Waals surface area contributed by atoms with Crippen molar-refractivity contribution in [1.82, 2.24) is 20.2 Å². The third-order valence-electron chi connectivity index (χ3n) is 7.96. The van der Waals surface area contributed by atoms with Crippen molar-refractivity contribution in [1.29, 1.82) is 0 Å². The second-order valence-electron chi connectivity index (χ2n) is 12.5. The average molecular weight is 610 g/mol. The van der Waals surface area contributed by atoms with E-state index in [1.165, 1.54) is 0 Å². The van der Waals surface area contributed by atoms with E-state index in [9.17, 15) is 19.5 Å². The Morgan fingerprint density at radius 2 is 1.86 bits per heavy atom. The zero-order chi connectivity index (χ0) is 31.6. The number of nitrogens with zero attached hydrogens (tertiary/aromatic N) is 5. The summed E-state index contributed by atoms with van der Waals surface area (Å²) in [6, 6.07) is 4.85. The van der Waals surface area contributed by atoms with Gasteiger partial charge in [-0.3, -0.25) is 9.59 Å². The smallest absolute Gasteiger partial charge is 0.410 e. The minimum atomic E-state index is -0.573. The molecule has 2 aromatic rings. The third-order valence-corrected chi connectivity index (χ3v) is 7.96. The van der Waals surface area contributed by atoms with Crippen LogP contribution in [0.15, 0.2) is 24.4 Å². The molecule has 1 saturated heterocycles. The van der Waals surface area contributed by atoms with Crippen LogP contribution in [0.5, 0.6) is 5.75 Å². The summed E-state index contributed by atoms with van der Waals surface area (Å²) in [4.78, 5) is 53.6. The fraction of sp³-hybridized carbons (Fsp3) is 0.581. The number of benzene rings is 1. The topological polar surface area (TPSA) is 149 Å². The second kappa shape index (κ2) is 12.8. The molecule has 0 bridgehead atoms. The minimum Gasteiger partial charge on any atom is -0.489 e. The average Bonchev–Trinajstić information content (AvgIpc) is 3.81. The van der Waals surface area contributed by atoms with Crippen LogP contribution in [0.1, 0.15) is 70.2 Å². The Hall–Kier alpha value is -4.13. The molecule has 3 heterocycles. The number of amides is 3. The van der Waals surface area contributed by atoms with Crippen LogP contribution in [0.25, 0.3) is 0 Å². The SMILES string of the molecule is CC[C@@H]1C(=O)N(C)c2cnc(Nc3ccc(C(=O)NC4CC4)cc3OCCO)nc2N1C1CCN(C(=O)OC(C)(C)C)CC1. The number of piperidine rings is 1. The summed E-state index contributed by atoms with van der Waals surface area (Å²) in [6.07, 6.45) is 5.16. The Bertz CT molecular complexity index is 1380. The van der Waals surface area contributed by atoms with Gasteiger partial charge in [0.05, 0.1) is 18.5 Å². The van der Waals surface area contributed by atoms with Gasteiger partial charge in [-0.25, -0.2) is 9.78 Å². The number of fused-ring (bicyclic) bond motifs is 1. The molecule has 1 aliphatic carbocycles. The number of aromatic nitrogens is 2. The maximum Gasteiger partial charge on any atom is 0.410 e. The molecule has 13 heteroatoms. The molecule has 0 radical (unpaired) electrons. The van der Waals surface area contributed by atoms with Crippen LogP contribution < -0.4 is 25.2 Å². The van der Waals surface area contributed by atoms with Gasteiger partial charge in [-0.1, -0.05) is 6.92 Å². The number of aliphatic hydroxyl groups is 1. The highest BCUT2D eigenvalue weighted by Crippen LogP contribution is 2.39. The first-order chi connectivity index (χ1) is 21.0. The van der Waals surface area contributed by atoms with E-state index in [0.29, 0.717) is 66.8 Å². The molecule has 5 rings (SSSR count). The van der Waals surface area contributed by atoms with E-state index in [-0.39, 0.29) is 43.2 Å². The summed E-state index contributed by atoms with van der Waals surface area (Å²) in [5.41, 5.74) is 1.02. The molecule has 0 spiro atoms. The van der Waals surface area contributed by atoms with Crippen LogP contribution in [-0.2, 0) is 9.53 Å². The molecule has 2 fully saturated rings. The Morgan fingerprint density at radius 1 is 1.14 bits per heavy atom. The van der Waals surface area contributed by atoms with Crippen LogP contribution in [-0.4, -0.2) is 95.0 Å². The Morgan fingerprint density at radius 3 is 2.50 bits per heavy atom. The molecule has 1 aromatic heterocycles. The lowest BCUT2D eigenvalue weighted by Crippen LogP contribution is -2.58. The Balaban J connectivity index is 1.40. The standard InChI is InChI=1S/C31H43N7O6/c1-6-23-28(41)36(5)24-18-32-29(34-22-10-7-19(17-25(22)43-16-15-39)27(40)33-20-8-9-20)35-26(24)38(23)21-11-13-37(14-12-21)30(42)44-31(2,3)4/h7,10,17-18,20-21,23,39H,6,8-9,11-16H2,1-5H3,(H,33,40)(H,32,34,35)/t23-/m1/s1. The molecule has 1 saturated carbocycles. The van der Waals surface area contributed by atoms with Gasteiger partial charge < -0.3 is 39.9 Å². The van der Waals surface area contributed by atoms with Gasteiger partial charge in [-0.15, -0.1) is 0 Å². The fourth-order valence-electron chi connectivity index (χ4n) is 5.57. The van der Waals surface area contributed by atoms with Crippen molar-refractivity contribution in [2.75, 3.05) is 48.5 Å². The van der Waals surface area contributed by atoms with Gasteiger partial charge in [0.1, 0.15) is 29.7 Å². The van der Waals surface area contributed by atoms with Crippen LogP contribution in [0.4, 0.5) is 27.9 Å². The van der Waals surface area contributed by atoms with Gasteiger partial charge in [0, 0.05) is 37.8 Å². The second-order valence-corrected chi connectivity index (χ2v) is 12.5. The molecule has 2 aliphatic heterocycles. The van der Waals surface area contributed by atoms with Gasteiger partial charge in [0.15, 0.2) is 5.82 Å². The van der Waals surface area contributed by atoms with Crippen LogP contribution >= 0.6 is 0 Å². The van der Waals surface area contributed by atoms with Crippen molar-refractivity contribution in [2.45, 2.75) is 83.5 Å². The van der Waals surface area contributed by atoms with Gasteiger partial charge in [-0.2, -0.15) is 4.98 Å². The van der Waals surface area contributed by atoms with E-state index in [2.05, 4.69) is 20.5 Å². The van der Waals surface area contributed by atoms with Crippen LogP contribution in [0, 0.1) is 0 Å². The summed E-state index contributed by atoms with van der Waals surface area (Å²) < 4.78 is 11.3. The Kier molecular flexibility index (Phi) is 9.14. The highest BCUT2D eigenvalue weighted by atomic mass is 16.6. The predicted molar refractivity (Wildman–Crippen MR) is 166 cm³/mol. The summed E-state index contributed by atoms with van der Waals surface area (Å²) in [5, 5.41) is 15.6. The summed E-state index contributed by atoms with van der Waals surface area (Å²) in [5.74, 6) is 1.10. The number of likely N-dealkylation sites (N-methyl/N-ethyl adjacent to an activating group) is 1. The van der Waals surface area contributed by atoms with Gasteiger partial charge in [0.25, 0.3) is 5.91 Å². The summed E-state index contributed by atoms with van der Waals surface area (Å²) in [6.45, 7) is 8.41. The van der Waals surface area contributed by atoms with Crippen molar-refractivity contribution in [3.8, 4) is 5.75 Å². The summed E-state index contributed by atoms with van der Waals surface area (Å²) >= 11 is 0. The number of hydrogen-bond acceptors (Lipinski definition) is 10. The number of aliphatic hydroxyl groups excluding tert-OH is 1. The lowest BCUT2D eigenvalue weighted by Gasteiger charge is -2.46. The molecule has 3 aliphatic rings. The molecule has 3 amide bonds. The van der Waals surface area contributed by atoms with E-state index in [0.717, 1.165) is 12.8 Å². The number of likely N-dealkylation sites (tertiary alicyclic amines) is 1. The van der Waals surface area contributed by atoms with Gasteiger partial charge in [0.2, 0.25) is 11.9 Å². The minimum absolute atomic E-state index is 0.0227. The normalized spacial score (nSPS) is 19.0. The predicted octanol–water partition coefficient (Wildman–Crippen LogP) is 3.44. The van der Waals surface area contributed by atoms with E-state index in [1.807, 2.05) is 27.7 Å². The molecule has 238 valence electrons. The maximum absolute atomic E-state index is 13.4. The van der Waals surface area contributed by atoms with Crippen molar-refractivity contribution in [3.63, 3.8) is 0 Å². The Labute approximate surface area is 257 Å². The van der Waals surface area contributed by atoms with Crippen LogP contribution in [0.3, 0.4) is 0 Å². The molecule has 1 atom stereocenters. The largest absolute Gasteiger partial charge is 0.489 e. The van der Waals surface area contributed by atoms with Crippen LogP contribution in [0.2, 0.25) is 0 Å². The monoisotopic (exact) mass is 609 g/mol. The number of carbonyl (C=O) groups excluding carboxylic acids is 3. The van der Waals surface area contributed by atoms with Gasteiger partial charge >= 0.3 is 6.09 Å². The molecular formula is C31H43N7O6. The number of anilines is 4. The van der Waals surface area contributed by atoms with E-state index in [1.54, 1.807) is 41.2 Å². The highest BCUT2D eigenvalue weighted by molar-refractivity contribution is 6.04. The highest BCUT2D eigenvalue weighted by Gasteiger charge is 2.42. The third kappa shape index (κ3) is 6.98.